The van der Waals surface area contributed by atoms with Gasteiger partial charge in [0.25, 0.3) is 11.8 Å². The average Bonchev–Trinajstić information content (AvgIpc) is 3.28. The molecule has 3 aromatic rings. The standard InChI is InChI=1S/C24H30N8O3S/c1-14-11-20(36-30-14)29-23-21(22(25)34)26-12-19(28-23)32-10-4-5-17(18(32)13-33)27-24(35)15-6-8-16(9-7-15)31(2)3/h6-9,11-12,17-18,33H,4-5,10,13H2,1-3H3,(H2,25,34)(H,27,35)(H,28,29)/t17-,18-/m0/s1. The minimum atomic E-state index is -0.708. The van der Waals surface area contributed by atoms with Gasteiger partial charge in [-0.1, -0.05) is 0 Å². The third-order valence-corrected chi connectivity index (χ3v) is 6.88. The summed E-state index contributed by atoms with van der Waals surface area (Å²) in [5.41, 5.74) is 7.90. The van der Waals surface area contributed by atoms with Crippen LogP contribution in [0.5, 0.6) is 0 Å². The molecule has 2 atom stereocenters. The molecule has 4 rings (SSSR count). The molecule has 5 N–H and O–H groups in total. The first-order valence-corrected chi connectivity index (χ1v) is 12.4. The van der Waals surface area contributed by atoms with E-state index >= 15 is 0 Å². The van der Waals surface area contributed by atoms with E-state index in [-0.39, 0.29) is 30.1 Å². The quantitative estimate of drug-likeness (QED) is 0.356. The van der Waals surface area contributed by atoms with Gasteiger partial charge >= 0.3 is 0 Å². The van der Waals surface area contributed by atoms with Gasteiger partial charge < -0.3 is 31.3 Å². The summed E-state index contributed by atoms with van der Waals surface area (Å²) in [7, 11) is 3.88. The number of nitrogens with two attached hydrogens (primary N) is 1. The van der Waals surface area contributed by atoms with E-state index in [2.05, 4.69) is 25.0 Å². The predicted molar refractivity (Wildman–Crippen MR) is 140 cm³/mol. The fourth-order valence-electron chi connectivity index (χ4n) is 4.22. The molecule has 1 saturated heterocycles. The van der Waals surface area contributed by atoms with Crippen LogP contribution < -0.4 is 26.2 Å². The van der Waals surface area contributed by atoms with Crippen molar-refractivity contribution in [1.29, 1.82) is 0 Å². The molecule has 1 aromatic carbocycles. The SMILES string of the molecule is Cc1cc(Nc2nc(N3CCC[C@H](NC(=O)c4ccc(N(C)C)cc4)[C@@H]3CO)cnc2C(N)=O)sn1. The molecular weight excluding hydrogens is 480 g/mol. The van der Waals surface area contributed by atoms with Gasteiger partial charge in [0.15, 0.2) is 11.5 Å². The van der Waals surface area contributed by atoms with Crippen LogP contribution in [-0.2, 0) is 0 Å². The van der Waals surface area contributed by atoms with Crippen molar-refractivity contribution in [3.63, 3.8) is 0 Å². The molecule has 0 spiro atoms. The smallest absolute Gasteiger partial charge is 0.271 e. The summed E-state index contributed by atoms with van der Waals surface area (Å²) in [5.74, 6) is -0.228. The first-order chi connectivity index (χ1) is 17.3. The van der Waals surface area contributed by atoms with Crippen molar-refractivity contribution in [3.8, 4) is 0 Å². The maximum Gasteiger partial charge on any atom is 0.271 e. The van der Waals surface area contributed by atoms with Crippen molar-refractivity contribution < 1.29 is 14.7 Å². The van der Waals surface area contributed by atoms with E-state index in [9.17, 15) is 14.7 Å². The first-order valence-electron chi connectivity index (χ1n) is 11.6. The molecule has 12 heteroatoms. The molecule has 1 aliphatic rings. The minimum absolute atomic E-state index is 0.00776. The Morgan fingerprint density at radius 1 is 1.28 bits per heavy atom. The fourth-order valence-corrected chi connectivity index (χ4v) is 4.88. The Balaban J connectivity index is 1.55. The van der Waals surface area contributed by atoms with Crippen LogP contribution in [0.3, 0.4) is 0 Å². The summed E-state index contributed by atoms with van der Waals surface area (Å²) in [5, 5.41) is 17.1. The average molecular weight is 511 g/mol. The number of piperidine rings is 1. The molecule has 36 heavy (non-hydrogen) atoms. The van der Waals surface area contributed by atoms with Crippen molar-refractivity contribution in [2.45, 2.75) is 31.8 Å². The number of aliphatic hydroxyl groups excluding tert-OH is 1. The lowest BCUT2D eigenvalue weighted by molar-refractivity contribution is 0.0910. The van der Waals surface area contributed by atoms with Gasteiger partial charge in [0.05, 0.1) is 30.6 Å². The second-order valence-corrected chi connectivity index (χ2v) is 9.66. The lowest BCUT2D eigenvalue weighted by Crippen LogP contribution is -2.57. The highest BCUT2D eigenvalue weighted by Crippen LogP contribution is 2.28. The normalized spacial score (nSPS) is 17.5. The lowest BCUT2D eigenvalue weighted by Gasteiger charge is -2.41. The van der Waals surface area contributed by atoms with Gasteiger partial charge in [0.2, 0.25) is 0 Å². The molecule has 3 heterocycles. The Labute approximate surface area is 213 Å². The number of amides is 2. The minimum Gasteiger partial charge on any atom is -0.394 e. The Kier molecular flexibility index (Phi) is 7.65. The summed E-state index contributed by atoms with van der Waals surface area (Å²) < 4.78 is 4.23. The van der Waals surface area contributed by atoms with Gasteiger partial charge in [-0.2, -0.15) is 4.37 Å². The highest BCUT2D eigenvalue weighted by molar-refractivity contribution is 7.10. The number of hydrogen-bond donors (Lipinski definition) is 4. The predicted octanol–water partition coefficient (Wildman–Crippen LogP) is 1.91. The summed E-state index contributed by atoms with van der Waals surface area (Å²) in [6, 6.07) is 8.46. The number of rotatable bonds is 8. The second-order valence-electron chi connectivity index (χ2n) is 8.85. The summed E-state index contributed by atoms with van der Waals surface area (Å²) >= 11 is 1.23. The van der Waals surface area contributed by atoms with Crippen molar-refractivity contribution in [2.24, 2.45) is 5.73 Å². The highest BCUT2D eigenvalue weighted by atomic mass is 32.1. The van der Waals surface area contributed by atoms with Crippen molar-refractivity contribution in [1.82, 2.24) is 19.7 Å². The zero-order chi connectivity index (χ0) is 25.8. The second kappa shape index (κ2) is 10.9. The Morgan fingerprint density at radius 3 is 2.64 bits per heavy atom. The first kappa shape index (κ1) is 25.3. The molecule has 0 aliphatic carbocycles. The molecule has 11 nitrogen and oxygen atoms in total. The topological polar surface area (TPSA) is 150 Å². The van der Waals surface area contributed by atoms with Crippen molar-refractivity contribution >= 4 is 45.7 Å². The van der Waals surface area contributed by atoms with Crippen LogP contribution in [0.25, 0.3) is 0 Å². The molecule has 0 bridgehead atoms. The molecule has 1 aliphatic heterocycles. The van der Waals surface area contributed by atoms with Crippen molar-refractivity contribution in [3.05, 3.63) is 53.5 Å². The van der Waals surface area contributed by atoms with Crippen LogP contribution in [0, 0.1) is 6.92 Å². The van der Waals surface area contributed by atoms with Gasteiger partial charge in [-0.05, 0) is 61.6 Å². The molecule has 2 amide bonds. The van der Waals surface area contributed by atoms with Crippen LogP contribution in [0.15, 0.2) is 36.5 Å². The zero-order valence-electron chi connectivity index (χ0n) is 20.4. The third-order valence-electron chi connectivity index (χ3n) is 6.09. The van der Waals surface area contributed by atoms with E-state index in [1.54, 1.807) is 12.1 Å². The van der Waals surface area contributed by atoms with Crippen LogP contribution in [0.1, 0.15) is 39.4 Å². The van der Waals surface area contributed by atoms with E-state index in [0.717, 1.165) is 17.8 Å². The van der Waals surface area contributed by atoms with E-state index in [0.29, 0.717) is 29.3 Å². The van der Waals surface area contributed by atoms with Gasteiger partial charge in [-0.3, -0.25) is 9.59 Å². The molecule has 190 valence electrons. The van der Waals surface area contributed by atoms with Gasteiger partial charge in [-0.15, -0.1) is 0 Å². The number of nitrogens with zero attached hydrogens (tertiary/aromatic N) is 5. The van der Waals surface area contributed by atoms with Crippen molar-refractivity contribution in [2.75, 3.05) is 42.4 Å². The largest absolute Gasteiger partial charge is 0.394 e. The number of hydrogen-bond acceptors (Lipinski definition) is 10. The fraction of sp³-hybridized carbons (Fsp3) is 0.375. The van der Waals surface area contributed by atoms with E-state index < -0.39 is 11.9 Å². The molecule has 0 saturated carbocycles. The number of primary amides is 1. The number of nitrogens with one attached hydrogen (secondary N) is 2. The number of aliphatic hydroxyl groups is 1. The molecule has 2 aromatic heterocycles. The Morgan fingerprint density at radius 2 is 2.03 bits per heavy atom. The number of anilines is 4. The summed E-state index contributed by atoms with van der Waals surface area (Å²) in [6.07, 6.45) is 2.95. The van der Waals surface area contributed by atoms with E-state index in [1.165, 1.54) is 17.7 Å². The molecule has 0 radical (unpaired) electrons. The summed E-state index contributed by atoms with van der Waals surface area (Å²) in [4.78, 5) is 37.7. The zero-order valence-corrected chi connectivity index (χ0v) is 21.2. The monoisotopic (exact) mass is 510 g/mol. The number of aryl methyl sites for hydroxylation is 1. The molecular formula is C24H30N8O3S. The van der Waals surface area contributed by atoms with Gasteiger partial charge in [0.1, 0.15) is 10.8 Å². The number of benzene rings is 1. The van der Waals surface area contributed by atoms with Crippen LogP contribution >= 0.6 is 11.5 Å². The molecule has 1 fully saturated rings. The third kappa shape index (κ3) is 5.55. The van der Waals surface area contributed by atoms with Crippen LogP contribution in [0.4, 0.5) is 22.3 Å². The molecule has 0 unspecified atom stereocenters. The summed E-state index contributed by atoms with van der Waals surface area (Å²) in [6.45, 7) is 2.28. The van der Waals surface area contributed by atoms with Crippen LogP contribution in [-0.4, -0.2) is 70.6 Å². The van der Waals surface area contributed by atoms with E-state index in [1.807, 2.05) is 49.0 Å². The number of carbonyl (C=O) groups is 2. The highest BCUT2D eigenvalue weighted by Gasteiger charge is 2.34. The van der Waals surface area contributed by atoms with Gasteiger partial charge in [0, 0.05) is 31.9 Å². The lowest BCUT2D eigenvalue weighted by atomic mass is 9.96. The van der Waals surface area contributed by atoms with Crippen LogP contribution in [0.2, 0.25) is 0 Å². The number of carbonyl (C=O) groups excluding carboxylic acids is 2. The maximum absolute atomic E-state index is 13.0. The maximum atomic E-state index is 13.0. The Hall–Kier alpha value is -3.77. The van der Waals surface area contributed by atoms with Gasteiger partial charge in [-0.25, -0.2) is 9.97 Å². The Bertz CT molecular complexity index is 1230. The van der Waals surface area contributed by atoms with E-state index in [4.69, 9.17) is 5.73 Å². The number of aromatic nitrogens is 3.